The molecule has 1 nitrogen and oxygen atoms in total. The lowest BCUT2D eigenvalue weighted by Gasteiger charge is -1.99. The highest BCUT2D eigenvalue weighted by Crippen LogP contribution is 2.25. The van der Waals surface area contributed by atoms with Crippen molar-refractivity contribution >= 4 is 31.9 Å². The van der Waals surface area contributed by atoms with Crippen LogP contribution in [0.2, 0.25) is 0 Å². The Morgan fingerprint density at radius 2 is 2.27 bits per heavy atom. The molecule has 1 rings (SSSR count). The molecule has 62 valence electrons. The van der Waals surface area contributed by atoms with Crippen molar-refractivity contribution in [2.24, 2.45) is 0 Å². The summed E-state index contributed by atoms with van der Waals surface area (Å²) < 4.78 is 6.33. The summed E-state index contributed by atoms with van der Waals surface area (Å²) in [5.74, 6) is 0.952. The van der Waals surface area contributed by atoms with Gasteiger partial charge < -0.3 is 4.42 Å². The zero-order chi connectivity index (χ0) is 8.43. The lowest BCUT2D eigenvalue weighted by molar-refractivity contribution is 0.530. The van der Waals surface area contributed by atoms with Gasteiger partial charge in [0.15, 0.2) is 0 Å². The minimum Gasteiger partial charge on any atom is -0.468 e. The molecule has 0 radical (unpaired) electrons. The Morgan fingerprint density at radius 3 is 2.64 bits per heavy atom. The van der Waals surface area contributed by atoms with Crippen molar-refractivity contribution in [3.63, 3.8) is 0 Å². The Hall–Kier alpha value is 0.240. The molecule has 1 heterocycles. The third-order valence-electron chi connectivity index (χ3n) is 1.47. The minimum absolute atomic E-state index is 0.496. The van der Waals surface area contributed by atoms with E-state index in [1.807, 2.05) is 6.92 Å². The van der Waals surface area contributed by atoms with E-state index >= 15 is 0 Å². The van der Waals surface area contributed by atoms with E-state index in [2.05, 4.69) is 38.8 Å². The fourth-order valence-corrected chi connectivity index (χ4v) is 1.63. The first-order valence-corrected chi connectivity index (χ1v) is 5.18. The number of hydrogen-bond acceptors (Lipinski definition) is 1. The van der Waals surface area contributed by atoms with Gasteiger partial charge in [-0.2, -0.15) is 0 Å². The summed E-state index contributed by atoms with van der Waals surface area (Å²) in [4.78, 5) is 0.496. The smallest absolute Gasteiger partial charge is 0.115 e. The molecule has 0 saturated heterocycles. The van der Waals surface area contributed by atoms with Crippen LogP contribution in [0.4, 0.5) is 0 Å². The largest absolute Gasteiger partial charge is 0.468 e. The normalized spacial score (nSPS) is 13.5. The topological polar surface area (TPSA) is 13.1 Å². The predicted octanol–water partition coefficient (Wildman–Crippen LogP) is 3.68. The van der Waals surface area contributed by atoms with Gasteiger partial charge in [0.25, 0.3) is 0 Å². The van der Waals surface area contributed by atoms with Crippen LogP contribution in [0, 0.1) is 6.92 Å². The highest BCUT2D eigenvalue weighted by Gasteiger charge is 2.08. The third-order valence-corrected chi connectivity index (χ3v) is 2.86. The zero-order valence-electron chi connectivity index (χ0n) is 6.53. The molecular formula is C8H10Br2O. The van der Waals surface area contributed by atoms with Crippen LogP contribution in [-0.2, 0) is 6.42 Å². The average molecular weight is 282 g/mol. The van der Waals surface area contributed by atoms with E-state index in [1.54, 1.807) is 6.26 Å². The number of hydrogen-bond donors (Lipinski definition) is 0. The second-order valence-corrected chi connectivity index (χ2v) is 4.97. The second-order valence-electron chi connectivity index (χ2n) is 2.62. The molecule has 1 aromatic heterocycles. The predicted molar refractivity (Wildman–Crippen MR) is 53.2 cm³/mol. The maximum atomic E-state index is 5.23. The lowest BCUT2D eigenvalue weighted by atomic mass is 10.2. The monoisotopic (exact) mass is 280 g/mol. The van der Waals surface area contributed by atoms with Crippen LogP contribution in [0.3, 0.4) is 0 Å². The first-order chi connectivity index (χ1) is 5.11. The fraction of sp³-hybridized carbons (Fsp3) is 0.500. The van der Waals surface area contributed by atoms with E-state index in [0.29, 0.717) is 4.83 Å². The number of alkyl halides is 1. The molecule has 1 aromatic rings. The van der Waals surface area contributed by atoms with Crippen LogP contribution in [0.1, 0.15) is 18.2 Å². The van der Waals surface area contributed by atoms with Crippen molar-refractivity contribution < 1.29 is 4.42 Å². The van der Waals surface area contributed by atoms with E-state index in [-0.39, 0.29) is 0 Å². The molecule has 0 aromatic carbocycles. The average Bonchev–Trinajstić information content (AvgIpc) is 2.18. The molecule has 0 aliphatic rings. The molecule has 3 heteroatoms. The molecule has 0 saturated carbocycles. The van der Waals surface area contributed by atoms with Gasteiger partial charge in [-0.1, -0.05) is 22.9 Å². The third kappa shape index (κ3) is 2.34. The van der Waals surface area contributed by atoms with Crippen LogP contribution in [-0.4, -0.2) is 4.83 Å². The molecular weight excluding hydrogens is 272 g/mol. The van der Waals surface area contributed by atoms with Crippen LogP contribution in [0.25, 0.3) is 0 Å². The Labute approximate surface area is 83.4 Å². The minimum atomic E-state index is 0.496. The van der Waals surface area contributed by atoms with Crippen molar-refractivity contribution in [3.05, 3.63) is 22.1 Å². The highest BCUT2D eigenvalue weighted by atomic mass is 79.9. The summed E-state index contributed by atoms with van der Waals surface area (Å²) in [6, 6.07) is 0. The van der Waals surface area contributed by atoms with Gasteiger partial charge in [0.1, 0.15) is 5.76 Å². The Bertz CT molecular complexity index is 240. The molecule has 0 fully saturated rings. The van der Waals surface area contributed by atoms with Crippen LogP contribution in [0.5, 0.6) is 0 Å². The van der Waals surface area contributed by atoms with Crippen LogP contribution in [0.15, 0.2) is 15.2 Å². The van der Waals surface area contributed by atoms with Crippen LogP contribution >= 0.6 is 31.9 Å². The fourth-order valence-electron chi connectivity index (χ4n) is 0.930. The summed E-state index contributed by atoms with van der Waals surface area (Å²) in [7, 11) is 0. The first-order valence-electron chi connectivity index (χ1n) is 3.47. The quantitative estimate of drug-likeness (QED) is 0.754. The van der Waals surface area contributed by atoms with Gasteiger partial charge >= 0.3 is 0 Å². The number of aryl methyl sites for hydroxylation is 1. The molecule has 1 atom stereocenters. The van der Waals surface area contributed by atoms with E-state index in [1.165, 1.54) is 5.56 Å². The summed E-state index contributed by atoms with van der Waals surface area (Å²) in [6.07, 6.45) is 2.80. The van der Waals surface area contributed by atoms with Crippen molar-refractivity contribution in [1.82, 2.24) is 0 Å². The van der Waals surface area contributed by atoms with E-state index in [9.17, 15) is 0 Å². The number of rotatable bonds is 2. The van der Waals surface area contributed by atoms with Gasteiger partial charge in [0.2, 0.25) is 0 Å². The molecule has 0 aliphatic carbocycles. The summed E-state index contributed by atoms with van der Waals surface area (Å²) in [5.41, 5.74) is 1.23. The van der Waals surface area contributed by atoms with Gasteiger partial charge in [0.05, 0.1) is 10.7 Å². The van der Waals surface area contributed by atoms with E-state index < -0.39 is 0 Å². The number of halogens is 2. The van der Waals surface area contributed by atoms with Gasteiger partial charge in [0, 0.05) is 10.4 Å². The second kappa shape index (κ2) is 3.76. The molecule has 1 unspecified atom stereocenters. The molecule has 11 heavy (non-hydrogen) atoms. The molecule has 0 bridgehead atoms. The maximum absolute atomic E-state index is 5.23. The molecule has 0 aliphatic heterocycles. The Kier molecular flexibility index (Phi) is 3.19. The van der Waals surface area contributed by atoms with Gasteiger partial charge in [-0.25, -0.2) is 0 Å². The zero-order valence-corrected chi connectivity index (χ0v) is 9.70. The van der Waals surface area contributed by atoms with Gasteiger partial charge in [-0.3, -0.25) is 0 Å². The van der Waals surface area contributed by atoms with Crippen molar-refractivity contribution in [2.45, 2.75) is 25.1 Å². The first kappa shape index (κ1) is 9.33. The van der Waals surface area contributed by atoms with E-state index in [0.717, 1.165) is 16.7 Å². The number of furan rings is 1. The SMILES string of the molecule is Cc1occ(CC(C)Br)c1Br. The molecule has 0 N–H and O–H groups in total. The summed E-state index contributed by atoms with van der Waals surface area (Å²) in [5, 5.41) is 0. The van der Waals surface area contributed by atoms with Crippen molar-refractivity contribution in [1.29, 1.82) is 0 Å². The summed E-state index contributed by atoms with van der Waals surface area (Å²) in [6.45, 7) is 4.07. The summed E-state index contributed by atoms with van der Waals surface area (Å²) >= 11 is 6.96. The van der Waals surface area contributed by atoms with Gasteiger partial charge in [-0.15, -0.1) is 0 Å². The Morgan fingerprint density at radius 1 is 1.64 bits per heavy atom. The highest BCUT2D eigenvalue weighted by molar-refractivity contribution is 9.10. The van der Waals surface area contributed by atoms with Crippen LogP contribution < -0.4 is 0 Å². The standard InChI is InChI=1S/C8H10Br2O/c1-5(9)3-7-4-11-6(2)8(7)10/h4-5H,3H2,1-2H3. The van der Waals surface area contributed by atoms with Crippen molar-refractivity contribution in [3.8, 4) is 0 Å². The Balaban J connectivity index is 2.79. The maximum Gasteiger partial charge on any atom is 0.115 e. The van der Waals surface area contributed by atoms with E-state index in [4.69, 9.17) is 4.42 Å². The molecule has 0 spiro atoms. The van der Waals surface area contributed by atoms with Gasteiger partial charge in [-0.05, 0) is 29.3 Å². The molecule has 0 amide bonds. The lowest BCUT2D eigenvalue weighted by Crippen LogP contribution is -1.94. The van der Waals surface area contributed by atoms with Crippen molar-refractivity contribution in [2.75, 3.05) is 0 Å².